The van der Waals surface area contributed by atoms with E-state index >= 15 is 0 Å². The predicted molar refractivity (Wildman–Crippen MR) is 76.6 cm³/mol. The molecule has 0 aliphatic heterocycles. The second kappa shape index (κ2) is 6.70. The number of hydrogen-bond donors (Lipinski definition) is 2. The molecule has 0 saturated heterocycles. The van der Waals surface area contributed by atoms with Crippen LogP contribution in [0, 0.1) is 6.92 Å². The lowest BCUT2D eigenvalue weighted by atomic mass is 10.1. The molecule has 0 aliphatic carbocycles. The molecule has 2 rings (SSSR count). The number of rotatable bonds is 6. The van der Waals surface area contributed by atoms with Crippen molar-refractivity contribution >= 4 is 11.9 Å². The molecule has 8 heteroatoms. The van der Waals surface area contributed by atoms with Gasteiger partial charge in [0.15, 0.2) is 0 Å². The number of nitrogens with zero attached hydrogens (tertiary/aromatic N) is 3. The molecule has 0 bridgehead atoms. The summed E-state index contributed by atoms with van der Waals surface area (Å²) in [7, 11) is 1.56. The molecule has 0 radical (unpaired) electrons. The average molecular weight is 304 g/mol. The minimum absolute atomic E-state index is 0.171. The van der Waals surface area contributed by atoms with E-state index in [9.17, 15) is 9.59 Å². The molecule has 2 aromatic rings. The zero-order chi connectivity index (χ0) is 16.1. The Bertz CT molecular complexity index is 696. The third kappa shape index (κ3) is 3.81. The molecule has 2 N–H and O–H groups in total. The molecule has 22 heavy (non-hydrogen) atoms. The van der Waals surface area contributed by atoms with Crippen molar-refractivity contribution in [2.75, 3.05) is 7.11 Å². The second-order valence-electron chi connectivity index (χ2n) is 4.66. The number of benzene rings is 1. The Balaban J connectivity index is 1.98. The molecule has 0 unspecified atom stereocenters. The molecule has 8 nitrogen and oxygen atoms in total. The molecule has 1 aromatic carbocycles. The van der Waals surface area contributed by atoms with Crippen molar-refractivity contribution in [3.8, 4) is 5.75 Å². The molecule has 0 saturated carbocycles. The van der Waals surface area contributed by atoms with Crippen LogP contribution in [0.3, 0.4) is 0 Å². The van der Waals surface area contributed by atoms with Crippen LogP contribution in [0.15, 0.2) is 24.4 Å². The number of carboxylic acids is 1. The maximum atomic E-state index is 12.1. The van der Waals surface area contributed by atoms with Crippen LogP contribution >= 0.6 is 0 Å². The van der Waals surface area contributed by atoms with Crippen molar-refractivity contribution < 1.29 is 19.4 Å². The fraction of sp³-hybridized carbons (Fsp3) is 0.286. The maximum Gasteiger partial charge on any atom is 0.325 e. The molecule has 0 spiro atoms. The minimum atomic E-state index is -1.01. The summed E-state index contributed by atoms with van der Waals surface area (Å²) < 4.78 is 6.29. The van der Waals surface area contributed by atoms with Crippen LogP contribution in [-0.4, -0.2) is 39.1 Å². The highest BCUT2D eigenvalue weighted by molar-refractivity contribution is 5.95. The Morgan fingerprint density at radius 2 is 2.18 bits per heavy atom. The van der Waals surface area contributed by atoms with Crippen molar-refractivity contribution in [1.29, 1.82) is 0 Å². The fourth-order valence-electron chi connectivity index (χ4n) is 1.92. The van der Waals surface area contributed by atoms with E-state index < -0.39 is 5.97 Å². The van der Waals surface area contributed by atoms with Crippen molar-refractivity contribution in [2.24, 2.45) is 0 Å². The van der Waals surface area contributed by atoms with Crippen LogP contribution in [0.1, 0.15) is 21.6 Å². The van der Waals surface area contributed by atoms with Gasteiger partial charge in [-0.3, -0.25) is 9.59 Å². The highest BCUT2D eigenvalue weighted by Crippen LogP contribution is 2.16. The number of nitrogens with one attached hydrogen (secondary N) is 1. The van der Waals surface area contributed by atoms with Gasteiger partial charge in [0.05, 0.1) is 19.9 Å². The number of methoxy groups -OCH3 is 1. The Morgan fingerprint density at radius 3 is 2.82 bits per heavy atom. The smallest absolute Gasteiger partial charge is 0.325 e. The van der Waals surface area contributed by atoms with Gasteiger partial charge < -0.3 is 15.2 Å². The molecule has 1 heterocycles. The topological polar surface area (TPSA) is 106 Å². The zero-order valence-corrected chi connectivity index (χ0v) is 12.2. The van der Waals surface area contributed by atoms with Gasteiger partial charge >= 0.3 is 5.97 Å². The quantitative estimate of drug-likeness (QED) is 0.810. The molecule has 0 fully saturated rings. The van der Waals surface area contributed by atoms with Gasteiger partial charge in [-0.2, -0.15) is 0 Å². The lowest BCUT2D eigenvalue weighted by molar-refractivity contribution is -0.137. The highest BCUT2D eigenvalue weighted by atomic mass is 16.5. The normalized spacial score (nSPS) is 10.3. The predicted octanol–water partition coefficient (Wildman–Crippen LogP) is 0.610. The summed E-state index contributed by atoms with van der Waals surface area (Å²) in [5, 5.41) is 18.8. The SMILES string of the molecule is COc1ccc(C(=O)NCc2cn(CC(=O)O)nn2)c(C)c1. The minimum Gasteiger partial charge on any atom is -0.497 e. The summed E-state index contributed by atoms with van der Waals surface area (Å²) in [5.41, 5.74) is 1.82. The van der Waals surface area contributed by atoms with Crippen LogP contribution in [0.4, 0.5) is 0 Å². The third-order valence-corrected chi connectivity index (χ3v) is 2.99. The van der Waals surface area contributed by atoms with E-state index in [2.05, 4.69) is 15.6 Å². The van der Waals surface area contributed by atoms with Gasteiger partial charge in [0, 0.05) is 5.56 Å². The van der Waals surface area contributed by atoms with Gasteiger partial charge in [0.2, 0.25) is 0 Å². The fourth-order valence-corrected chi connectivity index (χ4v) is 1.92. The lowest BCUT2D eigenvalue weighted by Gasteiger charge is -2.08. The summed E-state index contributed by atoms with van der Waals surface area (Å²) in [6, 6.07) is 5.17. The average Bonchev–Trinajstić information content (AvgIpc) is 2.91. The summed E-state index contributed by atoms with van der Waals surface area (Å²) in [6.07, 6.45) is 1.48. The lowest BCUT2D eigenvalue weighted by Crippen LogP contribution is -2.23. The Morgan fingerprint density at radius 1 is 1.41 bits per heavy atom. The Labute approximate surface area is 126 Å². The van der Waals surface area contributed by atoms with Crippen molar-refractivity contribution in [1.82, 2.24) is 20.3 Å². The van der Waals surface area contributed by atoms with Gasteiger partial charge in [0.25, 0.3) is 5.91 Å². The van der Waals surface area contributed by atoms with Gasteiger partial charge in [-0.25, -0.2) is 4.68 Å². The summed E-state index contributed by atoms with van der Waals surface area (Å²) in [6.45, 7) is 1.73. The number of carbonyl (C=O) groups is 2. The number of hydrogen-bond acceptors (Lipinski definition) is 5. The van der Waals surface area contributed by atoms with E-state index in [1.807, 2.05) is 6.92 Å². The molecule has 116 valence electrons. The van der Waals surface area contributed by atoms with Gasteiger partial charge in [-0.1, -0.05) is 5.21 Å². The number of ether oxygens (including phenoxy) is 1. The molecule has 0 aliphatic rings. The third-order valence-electron chi connectivity index (χ3n) is 2.99. The van der Waals surface area contributed by atoms with Crippen molar-refractivity contribution in [3.63, 3.8) is 0 Å². The number of aromatic nitrogens is 3. The van der Waals surface area contributed by atoms with Crippen LogP contribution in [0.2, 0.25) is 0 Å². The molecule has 0 atom stereocenters. The first-order valence-corrected chi connectivity index (χ1v) is 6.53. The Kier molecular flexibility index (Phi) is 4.72. The molecular formula is C14H16N4O4. The first kappa shape index (κ1) is 15.5. The van der Waals surface area contributed by atoms with E-state index in [0.29, 0.717) is 17.0 Å². The standard InChI is InChI=1S/C14H16N4O4/c1-9-5-11(22-2)3-4-12(9)14(21)15-6-10-7-18(17-16-10)8-13(19)20/h3-5,7H,6,8H2,1-2H3,(H,15,21)(H,19,20). The largest absolute Gasteiger partial charge is 0.497 e. The summed E-state index contributed by atoms with van der Waals surface area (Å²) in [5.74, 6) is -0.562. The summed E-state index contributed by atoms with van der Waals surface area (Å²) >= 11 is 0. The van der Waals surface area contributed by atoms with E-state index in [0.717, 1.165) is 5.56 Å². The molecule has 1 amide bonds. The maximum absolute atomic E-state index is 12.1. The summed E-state index contributed by atoms with van der Waals surface area (Å²) in [4.78, 5) is 22.7. The first-order chi connectivity index (χ1) is 10.5. The van der Waals surface area contributed by atoms with Crippen molar-refractivity contribution in [3.05, 3.63) is 41.2 Å². The monoisotopic (exact) mass is 304 g/mol. The number of carbonyl (C=O) groups excluding carboxylic acids is 1. The zero-order valence-electron chi connectivity index (χ0n) is 12.2. The van der Waals surface area contributed by atoms with Gasteiger partial charge in [-0.15, -0.1) is 5.10 Å². The van der Waals surface area contributed by atoms with Crippen molar-refractivity contribution in [2.45, 2.75) is 20.0 Å². The van der Waals surface area contributed by atoms with Gasteiger partial charge in [-0.05, 0) is 30.7 Å². The number of aryl methyl sites for hydroxylation is 1. The van der Waals surface area contributed by atoms with E-state index in [4.69, 9.17) is 9.84 Å². The number of carboxylic acid groups (broad SMARTS) is 1. The highest BCUT2D eigenvalue weighted by Gasteiger charge is 2.11. The van der Waals surface area contributed by atoms with Crippen LogP contribution in [-0.2, 0) is 17.9 Å². The number of amides is 1. The van der Waals surface area contributed by atoms with E-state index in [1.165, 1.54) is 10.9 Å². The second-order valence-corrected chi connectivity index (χ2v) is 4.66. The van der Waals surface area contributed by atoms with Crippen LogP contribution < -0.4 is 10.1 Å². The van der Waals surface area contributed by atoms with E-state index in [1.54, 1.807) is 25.3 Å². The molecule has 1 aromatic heterocycles. The van der Waals surface area contributed by atoms with Crippen LogP contribution in [0.5, 0.6) is 5.75 Å². The Hall–Kier alpha value is -2.90. The van der Waals surface area contributed by atoms with Gasteiger partial charge in [0.1, 0.15) is 18.0 Å². The first-order valence-electron chi connectivity index (χ1n) is 6.53. The number of aliphatic carboxylic acids is 1. The van der Waals surface area contributed by atoms with E-state index in [-0.39, 0.29) is 19.0 Å². The van der Waals surface area contributed by atoms with Crippen LogP contribution in [0.25, 0.3) is 0 Å². The molecular weight excluding hydrogens is 288 g/mol.